The van der Waals surface area contributed by atoms with Crippen molar-refractivity contribution in [3.63, 3.8) is 0 Å². The first-order chi connectivity index (χ1) is 7.27. The van der Waals surface area contributed by atoms with Gasteiger partial charge in [0.25, 0.3) is 0 Å². The molecular formula is C14H29N. The molecule has 0 amide bonds. The highest BCUT2D eigenvalue weighted by Gasteiger charge is 2.36. The third-order valence-corrected chi connectivity index (χ3v) is 3.57. The second kappa shape index (κ2) is 7.27. The molecule has 3 unspecified atom stereocenters. The maximum Gasteiger partial charge on any atom is 0.0102 e. The number of rotatable bonds is 9. The molecule has 1 nitrogen and oxygen atoms in total. The van der Waals surface area contributed by atoms with E-state index in [2.05, 4.69) is 26.1 Å². The van der Waals surface area contributed by atoms with Crippen LogP contribution in [0.4, 0.5) is 0 Å². The maximum atomic E-state index is 3.77. The highest BCUT2D eigenvalue weighted by atomic mass is 15.0. The fourth-order valence-corrected chi connectivity index (χ4v) is 2.47. The van der Waals surface area contributed by atoms with Gasteiger partial charge in [-0.1, -0.05) is 46.0 Å². The van der Waals surface area contributed by atoms with E-state index in [1.165, 1.54) is 51.4 Å². The fourth-order valence-electron chi connectivity index (χ4n) is 2.47. The van der Waals surface area contributed by atoms with E-state index < -0.39 is 0 Å². The smallest absolute Gasteiger partial charge is 0.0102 e. The Morgan fingerprint density at radius 1 is 1.13 bits per heavy atom. The molecule has 0 heterocycles. The maximum absolute atomic E-state index is 3.77. The largest absolute Gasteiger partial charge is 0.311 e. The van der Waals surface area contributed by atoms with E-state index in [0.29, 0.717) is 0 Å². The topological polar surface area (TPSA) is 12.0 Å². The fraction of sp³-hybridized carbons (Fsp3) is 1.00. The third-order valence-electron chi connectivity index (χ3n) is 3.57. The molecule has 1 heteroatoms. The number of hydrogen-bond acceptors (Lipinski definition) is 1. The molecule has 1 fully saturated rings. The molecule has 1 aliphatic carbocycles. The average molecular weight is 211 g/mol. The molecule has 0 radical (unpaired) electrons. The van der Waals surface area contributed by atoms with E-state index in [-0.39, 0.29) is 0 Å². The minimum atomic E-state index is 0.744. The quantitative estimate of drug-likeness (QED) is 0.566. The predicted molar refractivity (Wildman–Crippen MR) is 68.2 cm³/mol. The zero-order chi connectivity index (χ0) is 11.1. The number of unbranched alkanes of at least 4 members (excludes halogenated alkanes) is 3. The molecule has 1 N–H and O–H groups in total. The van der Waals surface area contributed by atoms with E-state index in [4.69, 9.17) is 0 Å². The normalized spacial score (nSPS) is 26.6. The van der Waals surface area contributed by atoms with E-state index in [1.54, 1.807) is 0 Å². The second-order valence-electron chi connectivity index (χ2n) is 5.31. The van der Waals surface area contributed by atoms with Gasteiger partial charge in [0.15, 0.2) is 0 Å². The molecule has 0 spiro atoms. The summed E-state index contributed by atoms with van der Waals surface area (Å²) in [5.41, 5.74) is 0. The van der Waals surface area contributed by atoms with E-state index in [1.807, 2.05) is 0 Å². The van der Waals surface area contributed by atoms with Crippen LogP contribution < -0.4 is 5.32 Å². The first-order valence-corrected chi connectivity index (χ1v) is 7.04. The first kappa shape index (κ1) is 13.0. The Labute approximate surface area is 96.0 Å². The SMILES string of the molecule is CCCCCCC(C)NC1CC1CCC. The lowest BCUT2D eigenvalue weighted by atomic mass is 10.1. The zero-order valence-corrected chi connectivity index (χ0v) is 10.9. The standard InChI is InChI=1S/C14H29N/c1-4-6-7-8-10-12(3)15-14-11-13(14)9-5-2/h12-15H,4-11H2,1-3H3. The summed E-state index contributed by atoms with van der Waals surface area (Å²) < 4.78 is 0. The van der Waals surface area contributed by atoms with Crippen molar-refractivity contribution in [2.75, 3.05) is 0 Å². The minimum absolute atomic E-state index is 0.744. The molecule has 1 aliphatic rings. The van der Waals surface area contributed by atoms with Gasteiger partial charge in [0.05, 0.1) is 0 Å². The van der Waals surface area contributed by atoms with Crippen molar-refractivity contribution in [1.82, 2.24) is 5.32 Å². The van der Waals surface area contributed by atoms with Crippen molar-refractivity contribution in [3.8, 4) is 0 Å². The predicted octanol–water partition coefficient (Wildman–Crippen LogP) is 4.12. The van der Waals surface area contributed by atoms with Crippen LogP contribution >= 0.6 is 0 Å². The van der Waals surface area contributed by atoms with Gasteiger partial charge in [0.2, 0.25) is 0 Å². The summed E-state index contributed by atoms with van der Waals surface area (Å²) in [7, 11) is 0. The Morgan fingerprint density at radius 3 is 2.60 bits per heavy atom. The molecule has 1 rings (SSSR count). The molecule has 15 heavy (non-hydrogen) atoms. The van der Waals surface area contributed by atoms with Crippen LogP contribution in [0.25, 0.3) is 0 Å². The third kappa shape index (κ3) is 5.55. The Kier molecular flexibility index (Phi) is 6.31. The summed E-state index contributed by atoms with van der Waals surface area (Å²) in [5.74, 6) is 1.01. The summed E-state index contributed by atoms with van der Waals surface area (Å²) >= 11 is 0. The van der Waals surface area contributed by atoms with Crippen LogP contribution in [0.5, 0.6) is 0 Å². The van der Waals surface area contributed by atoms with Crippen LogP contribution in [-0.2, 0) is 0 Å². The van der Waals surface area contributed by atoms with Crippen LogP contribution in [0.3, 0.4) is 0 Å². The van der Waals surface area contributed by atoms with Gasteiger partial charge >= 0.3 is 0 Å². The van der Waals surface area contributed by atoms with Crippen molar-refractivity contribution in [1.29, 1.82) is 0 Å². The van der Waals surface area contributed by atoms with Crippen molar-refractivity contribution >= 4 is 0 Å². The molecule has 3 atom stereocenters. The lowest BCUT2D eigenvalue weighted by molar-refractivity contribution is 0.464. The van der Waals surface area contributed by atoms with Gasteiger partial charge in [-0.25, -0.2) is 0 Å². The van der Waals surface area contributed by atoms with Gasteiger partial charge in [-0.3, -0.25) is 0 Å². The van der Waals surface area contributed by atoms with Crippen molar-refractivity contribution < 1.29 is 0 Å². The van der Waals surface area contributed by atoms with Gasteiger partial charge in [-0.15, -0.1) is 0 Å². The van der Waals surface area contributed by atoms with Crippen molar-refractivity contribution in [3.05, 3.63) is 0 Å². The Bertz CT molecular complexity index is 155. The molecule has 0 bridgehead atoms. The molecule has 0 aromatic carbocycles. The van der Waals surface area contributed by atoms with Gasteiger partial charge < -0.3 is 5.32 Å². The van der Waals surface area contributed by atoms with Crippen LogP contribution in [0, 0.1) is 5.92 Å². The Hall–Kier alpha value is -0.0400. The lowest BCUT2D eigenvalue weighted by Crippen LogP contribution is -2.29. The monoisotopic (exact) mass is 211 g/mol. The second-order valence-corrected chi connectivity index (χ2v) is 5.31. The average Bonchev–Trinajstić information content (AvgIpc) is 2.92. The molecule has 0 aromatic heterocycles. The van der Waals surface area contributed by atoms with Gasteiger partial charge in [0.1, 0.15) is 0 Å². The first-order valence-electron chi connectivity index (χ1n) is 7.04. The summed E-state index contributed by atoms with van der Waals surface area (Å²) in [6.07, 6.45) is 11.2. The van der Waals surface area contributed by atoms with Gasteiger partial charge in [0, 0.05) is 12.1 Å². The summed E-state index contributed by atoms with van der Waals surface area (Å²) in [6, 6.07) is 1.61. The van der Waals surface area contributed by atoms with Crippen LogP contribution in [0.1, 0.15) is 72.1 Å². The summed E-state index contributed by atoms with van der Waals surface area (Å²) in [6.45, 7) is 6.93. The molecule has 1 saturated carbocycles. The van der Waals surface area contributed by atoms with Gasteiger partial charge in [-0.05, 0) is 32.1 Å². The molecule has 0 saturated heterocycles. The Balaban J connectivity index is 1.93. The molecule has 0 aromatic rings. The minimum Gasteiger partial charge on any atom is -0.311 e. The highest BCUT2D eigenvalue weighted by molar-refractivity contribution is 4.93. The van der Waals surface area contributed by atoms with Crippen molar-refractivity contribution in [2.45, 2.75) is 84.2 Å². The molecule has 0 aliphatic heterocycles. The van der Waals surface area contributed by atoms with Crippen LogP contribution in [0.2, 0.25) is 0 Å². The van der Waals surface area contributed by atoms with Crippen LogP contribution in [-0.4, -0.2) is 12.1 Å². The number of hydrogen-bond donors (Lipinski definition) is 1. The van der Waals surface area contributed by atoms with Crippen LogP contribution in [0.15, 0.2) is 0 Å². The van der Waals surface area contributed by atoms with Gasteiger partial charge in [-0.2, -0.15) is 0 Å². The summed E-state index contributed by atoms with van der Waals surface area (Å²) in [5, 5.41) is 3.77. The summed E-state index contributed by atoms with van der Waals surface area (Å²) in [4.78, 5) is 0. The lowest BCUT2D eigenvalue weighted by Gasteiger charge is -2.13. The molecule has 90 valence electrons. The molecular weight excluding hydrogens is 182 g/mol. The zero-order valence-electron chi connectivity index (χ0n) is 10.9. The van der Waals surface area contributed by atoms with E-state index >= 15 is 0 Å². The van der Waals surface area contributed by atoms with Crippen molar-refractivity contribution in [2.24, 2.45) is 5.92 Å². The van der Waals surface area contributed by atoms with E-state index in [9.17, 15) is 0 Å². The highest BCUT2D eigenvalue weighted by Crippen LogP contribution is 2.35. The number of nitrogens with one attached hydrogen (secondary N) is 1. The Morgan fingerprint density at radius 2 is 1.93 bits per heavy atom. The van der Waals surface area contributed by atoms with E-state index in [0.717, 1.165) is 18.0 Å².